The maximum Gasteiger partial charge on any atom is 0.263 e. The zero-order chi connectivity index (χ0) is 19.8. The van der Waals surface area contributed by atoms with Gasteiger partial charge in [0.15, 0.2) is 0 Å². The van der Waals surface area contributed by atoms with E-state index in [1.54, 1.807) is 6.20 Å². The van der Waals surface area contributed by atoms with Gasteiger partial charge in [0.1, 0.15) is 5.56 Å². The van der Waals surface area contributed by atoms with Gasteiger partial charge in [0.2, 0.25) is 0 Å². The minimum Gasteiger partial charge on any atom is -0.351 e. The van der Waals surface area contributed by atoms with E-state index in [9.17, 15) is 9.59 Å². The van der Waals surface area contributed by atoms with Gasteiger partial charge in [-0.2, -0.15) is 0 Å². The number of pyridine rings is 2. The van der Waals surface area contributed by atoms with Crippen LogP contribution in [0.25, 0.3) is 0 Å². The van der Waals surface area contributed by atoms with Gasteiger partial charge in [0.25, 0.3) is 11.5 Å². The molecule has 0 fully saturated rings. The van der Waals surface area contributed by atoms with E-state index in [2.05, 4.69) is 17.2 Å². The molecule has 3 rings (SSSR count). The number of fused-ring (bicyclic) bond motifs is 1. The minimum absolute atomic E-state index is 0.136. The SMILES string of the molecule is CCCCn1c2c(cc(C(=O)NCCc3ccccn3)c1=O)CCCCCC2. The molecule has 0 radical (unpaired) electrons. The maximum absolute atomic E-state index is 13.1. The first-order valence-electron chi connectivity index (χ1n) is 10.6. The van der Waals surface area contributed by atoms with Gasteiger partial charge in [-0.25, -0.2) is 0 Å². The molecule has 0 saturated heterocycles. The number of unbranched alkanes of at least 4 members (excludes halogenated alkanes) is 1. The molecule has 150 valence electrons. The standard InChI is InChI=1S/C23H31N3O2/c1-2-3-16-26-21-12-7-5-4-6-10-18(21)17-20(23(26)28)22(27)25-15-13-19-11-8-9-14-24-19/h8-9,11,14,17H,2-7,10,12-13,15-16H2,1H3,(H,25,27). The number of rotatable bonds is 7. The van der Waals surface area contributed by atoms with Gasteiger partial charge in [-0.05, 0) is 55.9 Å². The van der Waals surface area contributed by atoms with Crippen molar-refractivity contribution in [2.45, 2.75) is 71.3 Å². The molecule has 5 nitrogen and oxygen atoms in total. The molecule has 2 aromatic rings. The smallest absolute Gasteiger partial charge is 0.263 e. The van der Waals surface area contributed by atoms with E-state index in [1.807, 2.05) is 28.8 Å². The minimum atomic E-state index is -0.268. The zero-order valence-corrected chi connectivity index (χ0v) is 16.9. The molecule has 2 aromatic heterocycles. The van der Waals surface area contributed by atoms with Crippen molar-refractivity contribution in [3.8, 4) is 0 Å². The molecule has 0 bridgehead atoms. The summed E-state index contributed by atoms with van der Waals surface area (Å²) in [5.74, 6) is -0.268. The van der Waals surface area contributed by atoms with Gasteiger partial charge >= 0.3 is 0 Å². The lowest BCUT2D eigenvalue weighted by Crippen LogP contribution is -2.36. The van der Waals surface area contributed by atoms with E-state index in [4.69, 9.17) is 0 Å². The van der Waals surface area contributed by atoms with Gasteiger partial charge in [0, 0.05) is 37.1 Å². The van der Waals surface area contributed by atoms with E-state index < -0.39 is 0 Å². The summed E-state index contributed by atoms with van der Waals surface area (Å²) in [6, 6.07) is 7.61. The third kappa shape index (κ3) is 5.09. The molecule has 2 heterocycles. The maximum atomic E-state index is 13.1. The molecular weight excluding hydrogens is 350 g/mol. The molecule has 1 amide bonds. The molecule has 0 unspecified atom stereocenters. The fourth-order valence-corrected chi connectivity index (χ4v) is 3.89. The van der Waals surface area contributed by atoms with Gasteiger partial charge in [-0.15, -0.1) is 0 Å². The number of carbonyl (C=O) groups excluding carboxylic acids is 1. The van der Waals surface area contributed by atoms with Crippen LogP contribution in [0, 0.1) is 0 Å². The largest absolute Gasteiger partial charge is 0.351 e. The zero-order valence-electron chi connectivity index (χ0n) is 16.9. The molecule has 5 heteroatoms. The van der Waals surface area contributed by atoms with Crippen molar-refractivity contribution in [1.29, 1.82) is 0 Å². The summed E-state index contributed by atoms with van der Waals surface area (Å²) in [6.07, 6.45) is 11.0. The van der Waals surface area contributed by atoms with Crippen molar-refractivity contribution in [3.63, 3.8) is 0 Å². The van der Waals surface area contributed by atoms with Crippen LogP contribution in [-0.4, -0.2) is 22.0 Å². The highest BCUT2D eigenvalue weighted by Crippen LogP contribution is 2.20. The van der Waals surface area contributed by atoms with Crippen LogP contribution in [0.15, 0.2) is 35.3 Å². The van der Waals surface area contributed by atoms with Crippen LogP contribution in [0.4, 0.5) is 0 Å². The number of hydrogen-bond acceptors (Lipinski definition) is 3. The summed E-state index contributed by atoms with van der Waals surface area (Å²) in [6.45, 7) is 3.30. The van der Waals surface area contributed by atoms with Gasteiger partial charge in [-0.1, -0.05) is 32.3 Å². The second-order valence-corrected chi connectivity index (χ2v) is 7.58. The molecule has 0 aliphatic heterocycles. The highest BCUT2D eigenvalue weighted by atomic mass is 16.2. The van der Waals surface area contributed by atoms with Crippen molar-refractivity contribution in [2.24, 2.45) is 0 Å². The average Bonchev–Trinajstić information content (AvgIpc) is 2.69. The predicted octanol–water partition coefficient (Wildman–Crippen LogP) is 3.67. The summed E-state index contributed by atoms with van der Waals surface area (Å²) in [5.41, 5.74) is 3.43. The first-order chi connectivity index (χ1) is 13.7. The number of aryl methyl sites for hydroxylation is 1. The highest BCUT2D eigenvalue weighted by Gasteiger charge is 2.19. The Morgan fingerprint density at radius 1 is 1.18 bits per heavy atom. The normalized spacial score (nSPS) is 14.0. The number of aromatic nitrogens is 2. The van der Waals surface area contributed by atoms with Gasteiger partial charge in [0.05, 0.1) is 0 Å². The summed E-state index contributed by atoms with van der Waals surface area (Å²) < 4.78 is 1.89. The van der Waals surface area contributed by atoms with Crippen LogP contribution in [0.2, 0.25) is 0 Å². The number of hydrogen-bond donors (Lipinski definition) is 1. The second-order valence-electron chi connectivity index (χ2n) is 7.58. The lowest BCUT2D eigenvalue weighted by molar-refractivity contribution is 0.0951. The summed E-state index contributed by atoms with van der Waals surface area (Å²) in [7, 11) is 0. The monoisotopic (exact) mass is 381 g/mol. The molecule has 0 spiro atoms. The van der Waals surface area contributed by atoms with Crippen molar-refractivity contribution < 1.29 is 4.79 Å². The Morgan fingerprint density at radius 3 is 2.75 bits per heavy atom. The number of nitrogens with zero attached hydrogens (tertiary/aromatic N) is 2. The molecule has 28 heavy (non-hydrogen) atoms. The fraction of sp³-hybridized carbons (Fsp3) is 0.522. The second kappa shape index (κ2) is 10.2. The van der Waals surface area contributed by atoms with Gasteiger partial charge < -0.3 is 9.88 Å². The van der Waals surface area contributed by atoms with Crippen molar-refractivity contribution in [2.75, 3.05) is 6.54 Å². The van der Waals surface area contributed by atoms with Gasteiger partial charge in [-0.3, -0.25) is 14.6 Å². The van der Waals surface area contributed by atoms with Crippen LogP contribution in [0.3, 0.4) is 0 Å². The predicted molar refractivity (Wildman–Crippen MR) is 112 cm³/mol. The summed E-state index contributed by atoms with van der Waals surface area (Å²) in [4.78, 5) is 30.2. The highest BCUT2D eigenvalue weighted by molar-refractivity contribution is 5.94. The Kier molecular flexibility index (Phi) is 7.40. The summed E-state index contributed by atoms with van der Waals surface area (Å²) in [5, 5.41) is 2.91. The van der Waals surface area contributed by atoms with E-state index in [0.717, 1.165) is 49.9 Å². The molecule has 1 N–H and O–H groups in total. The molecule has 1 aliphatic rings. The third-order valence-corrected chi connectivity index (χ3v) is 5.47. The average molecular weight is 382 g/mol. The van der Waals surface area contributed by atoms with Crippen molar-refractivity contribution in [3.05, 3.63) is 63.3 Å². The number of nitrogens with one attached hydrogen (secondary N) is 1. The van der Waals surface area contributed by atoms with Crippen molar-refractivity contribution >= 4 is 5.91 Å². The molecule has 0 saturated carbocycles. The Labute approximate surface area is 167 Å². The van der Waals surface area contributed by atoms with Crippen LogP contribution < -0.4 is 10.9 Å². The van der Waals surface area contributed by atoms with Crippen LogP contribution in [-0.2, 0) is 25.8 Å². The van der Waals surface area contributed by atoms with Crippen LogP contribution in [0.1, 0.15) is 72.8 Å². The Bertz CT molecular complexity index is 843. The Hall–Kier alpha value is -2.43. The topological polar surface area (TPSA) is 64.0 Å². The van der Waals surface area contributed by atoms with E-state index in [0.29, 0.717) is 19.5 Å². The first kappa shape index (κ1) is 20.3. The molecule has 1 aliphatic carbocycles. The van der Waals surface area contributed by atoms with Crippen LogP contribution in [0.5, 0.6) is 0 Å². The first-order valence-corrected chi connectivity index (χ1v) is 10.6. The molecular formula is C23H31N3O2. The lowest BCUT2D eigenvalue weighted by atomic mass is 9.95. The quantitative estimate of drug-likeness (QED) is 0.796. The Balaban J connectivity index is 1.81. The third-order valence-electron chi connectivity index (χ3n) is 5.47. The van der Waals surface area contributed by atoms with Crippen LogP contribution >= 0.6 is 0 Å². The fourth-order valence-electron chi connectivity index (χ4n) is 3.89. The summed E-state index contributed by atoms with van der Waals surface area (Å²) >= 11 is 0. The molecule has 0 aromatic carbocycles. The van der Waals surface area contributed by atoms with E-state index in [1.165, 1.54) is 18.4 Å². The number of amides is 1. The van der Waals surface area contributed by atoms with E-state index in [-0.39, 0.29) is 17.0 Å². The van der Waals surface area contributed by atoms with E-state index >= 15 is 0 Å². The number of carbonyl (C=O) groups is 1. The van der Waals surface area contributed by atoms with Crippen molar-refractivity contribution in [1.82, 2.24) is 14.9 Å². The lowest BCUT2D eigenvalue weighted by Gasteiger charge is -2.21. The Morgan fingerprint density at radius 2 is 2.00 bits per heavy atom. The molecule has 0 atom stereocenters.